The van der Waals surface area contributed by atoms with Crippen molar-refractivity contribution in [3.63, 3.8) is 0 Å². The molecular weight excluding hydrogens is 389 g/mol. The number of rotatable bonds is 5. The first-order valence-corrected chi connectivity index (χ1v) is 8.38. The molecule has 1 amide bonds. The first-order chi connectivity index (χ1) is 13.6. The number of carbonyl (C=O) groups excluding carboxylic acids is 1. The van der Waals surface area contributed by atoms with Crippen LogP contribution in [0.3, 0.4) is 0 Å². The first-order valence-electron chi connectivity index (χ1n) is 8.38. The van der Waals surface area contributed by atoms with Gasteiger partial charge < -0.3 is 5.32 Å². The fourth-order valence-corrected chi connectivity index (χ4v) is 2.70. The lowest BCUT2D eigenvalue weighted by Gasteiger charge is -2.08. The van der Waals surface area contributed by atoms with E-state index in [-0.39, 0.29) is 17.8 Å². The average Bonchev–Trinajstić information content (AvgIpc) is 3.08. The Bertz CT molecular complexity index is 1080. The quantitative estimate of drug-likeness (QED) is 0.504. The number of carbonyl (C=O) groups is 1. The molecule has 0 radical (unpaired) electrons. The lowest BCUT2D eigenvalue weighted by Crippen LogP contribution is -2.12. The van der Waals surface area contributed by atoms with Crippen molar-refractivity contribution in [3.8, 4) is 0 Å². The predicted octanol–water partition coefficient (Wildman–Crippen LogP) is 4.42. The van der Waals surface area contributed by atoms with Gasteiger partial charge in [-0.15, -0.1) is 0 Å². The van der Waals surface area contributed by atoms with E-state index < -0.39 is 22.6 Å². The fraction of sp³-hybridized carbons (Fsp3) is 0.158. The van der Waals surface area contributed by atoms with Gasteiger partial charge in [-0.1, -0.05) is 18.2 Å². The number of nitrogens with one attached hydrogen (secondary N) is 1. The molecule has 7 nitrogen and oxygen atoms in total. The van der Waals surface area contributed by atoms with E-state index >= 15 is 0 Å². The first kappa shape index (κ1) is 20.1. The largest absolute Gasteiger partial charge is 0.416 e. The van der Waals surface area contributed by atoms with Crippen molar-refractivity contribution in [2.45, 2.75) is 19.6 Å². The number of aryl methyl sites for hydroxylation is 1. The molecule has 3 rings (SSSR count). The highest BCUT2D eigenvalue weighted by Crippen LogP contribution is 2.29. The van der Waals surface area contributed by atoms with E-state index in [0.29, 0.717) is 16.8 Å². The molecule has 2 aromatic carbocycles. The number of aromatic nitrogens is 2. The van der Waals surface area contributed by atoms with Crippen molar-refractivity contribution in [1.82, 2.24) is 9.78 Å². The Labute approximate surface area is 162 Å². The molecule has 10 heteroatoms. The topological polar surface area (TPSA) is 90.1 Å². The van der Waals surface area contributed by atoms with Crippen LogP contribution in [-0.4, -0.2) is 20.6 Å². The maximum atomic E-state index is 12.8. The van der Waals surface area contributed by atoms with Crippen LogP contribution in [0.5, 0.6) is 0 Å². The minimum absolute atomic E-state index is 0.0792. The molecule has 0 atom stereocenters. The molecule has 1 N–H and O–H groups in total. The smallest absolute Gasteiger partial charge is 0.319 e. The minimum atomic E-state index is -4.43. The molecule has 0 aliphatic heterocycles. The van der Waals surface area contributed by atoms with Gasteiger partial charge in [0.05, 0.1) is 28.9 Å². The van der Waals surface area contributed by atoms with Crippen molar-refractivity contribution in [1.29, 1.82) is 0 Å². The molecule has 29 heavy (non-hydrogen) atoms. The minimum Gasteiger partial charge on any atom is -0.319 e. The van der Waals surface area contributed by atoms with Crippen LogP contribution in [0.2, 0.25) is 0 Å². The second-order valence-electron chi connectivity index (χ2n) is 6.34. The van der Waals surface area contributed by atoms with E-state index in [2.05, 4.69) is 10.4 Å². The van der Waals surface area contributed by atoms with Gasteiger partial charge in [0, 0.05) is 23.4 Å². The molecule has 0 unspecified atom stereocenters. The number of halogens is 3. The molecule has 0 saturated carbocycles. The van der Waals surface area contributed by atoms with Gasteiger partial charge in [-0.05, 0) is 30.7 Å². The maximum absolute atomic E-state index is 12.8. The lowest BCUT2D eigenvalue weighted by molar-refractivity contribution is -0.385. The Morgan fingerprint density at radius 1 is 1.24 bits per heavy atom. The van der Waals surface area contributed by atoms with E-state index in [1.54, 1.807) is 13.0 Å². The van der Waals surface area contributed by atoms with Gasteiger partial charge in [0.2, 0.25) is 0 Å². The third-order valence-corrected chi connectivity index (χ3v) is 4.16. The Kier molecular flexibility index (Phi) is 5.35. The van der Waals surface area contributed by atoms with Crippen LogP contribution in [0.1, 0.15) is 27.0 Å². The van der Waals surface area contributed by atoms with E-state index in [1.807, 2.05) is 0 Å². The summed E-state index contributed by atoms with van der Waals surface area (Å²) in [4.78, 5) is 22.8. The van der Waals surface area contributed by atoms with Crippen LogP contribution in [-0.2, 0) is 12.7 Å². The molecule has 0 saturated heterocycles. The molecule has 0 bridgehead atoms. The third-order valence-electron chi connectivity index (χ3n) is 4.16. The van der Waals surface area contributed by atoms with Crippen molar-refractivity contribution >= 4 is 17.3 Å². The summed E-state index contributed by atoms with van der Waals surface area (Å²) in [7, 11) is 0. The fourth-order valence-electron chi connectivity index (χ4n) is 2.70. The molecule has 3 aromatic rings. The molecule has 0 aliphatic rings. The molecule has 0 spiro atoms. The van der Waals surface area contributed by atoms with Gasteiger partial charge >= 0.3 is 6.18 Å². The van der Waals surface area contributed by atoms with Gasteiger partial charge in [-0.3, -0.25) is 19.6 Å². The number of anilines is 1. The lowest BCUT2D eigenvalue weighted by atomic mass is 10.1. The molecule has 1 aromatic heterocycles. The monoisotopic (exact) mass is 404 g/mol. The average molecular weight is 404 g/mol. The van der Waals surface area contributed by atoms with E-state index in [0.717, 1.165) is 12.1 Å². The molecule has 1 heterocycles. The summed E-state index contributed by atoms with van der Waals surface area (Å²) in [5, 5.41) is 17.6. The SMILES string of the molecule is Cc1ccc(C(=O)Nc2cnn(Cc3cccc(C(F)(F)F)c3)c2)cc1[N+](=O)[O-]. The van der Waals surface area contributed by atoms with Gasteiger partial charge in [0.25, 0.3) is 11.6 Å². The number of hydrogen-bond acceptors (Lipinski definition) is 4. The summed E-state index contributed by atoms with van der Waals surface area (Å²) in [6.07, 6.45) is -1.63. The van der Waals surface area contributed by atoms with Gasteiger partial charge in [0.1, 0.15) is 0 Å². The summed E-state index contributed by atoms with van der Waals surface area (Å²) in [6.45, 7) is 1.65. The van der Waals surface area contributed by atoms with Crippen LogP contribution >= 0.6 is 0 Å². The summed E-state index contributed by atoms with van der Waals surface area (Å²) in [5.41, 5.74) is 0.322. The molecular formula is C19H15F3N4O3. The highest BCUT2D eigenvalue weighted by molar-refractivity contribution is 6.04. The number of benzene rings is 2. The van der Waals surface area contributed by atoms with Crippen molar-refractivity contribution < 1.29 is 22.9 Å². The Hall–Kier alpha value is -3.69. The second kappa shape index (κ2) is 7.74. The zero-order valence-electron chi connectivity index (χ0n) is 15.1. The predicted molar refractivity (Wildman–Crippen MR) is 98.6 cm³/mol. The van der Waals surface area contributed by atoms with Crippen LogP contribution < -0.4 is 5.32 Å². The highest BCUT2D eigenvalue weighted by Gasteiger charge is 2.30. The number of nitro benzene ring substituents is 1. The highest BCUT2D eigenvalue weighted by atomic mass is 19.4. The number of amides is 1. The molecule has 150 valence electrons. The Balaban J connectivity index is 1.72. The standard InChI is InChI=1S/C19H15F3N4O3/c1-12-5-6-14(8-17(12)26(28)29)18(27)24-16-9-23-25(11-16)10-13-3-2-4-15(7-13)19(20,21)22/h2-9,11H,10H2,1H3,(H,24,27). The number of nitro groups is 1. The van der Waals surface area contributed by atoms with Gasteiger partial charge in [-0.25, -0.2) is 0 Å². The number of nitrogens with zero attached hydrogens (tertiary/aromatic N) is 3. The zero-order valence-corrected chi connectivity index (χ0v) is 15.1. The van der Waals surface area contributed by atoms with Crippen LogP contribution in [0.15, 0.2) is 54.9 Å². The maximum Gasteiger partial charge on any atom is 0.416 e. The van der Waals surface area contributed by atoms with Crippen LogP contribution in [0.25, 0.3) is 0 Å². The summed E-state index contributed by atoms with van der Waals surface area (Å²) in [5.74, 6) is -0.563. The Morgan fingerprint density at radius 3 is 2.69 bits per heavy atom. The van der Waals surface area contributed by atoms with E-state index in [9.17, 15) is 28.1 Å². The van der Waals surface area contributed by atoms with Crippen LogP contribution in [0, 0.1) is 17.0 Å². The number of alkyl halides is 3. The third kappa shape index (κ3) is 4.78. The number of hydrogen-bond donors (Lipinski definition) is 1. The van der Waals surface area contributed by atoms with Crippen molar-refractivity contribution in [2.75, 3.05) is 5.32 Å². The summed E-state index contributed by atoms with van der Waals surface area (Å²) < 4.78 is 39.8. The van der Waals surface area contributed by atoms with E-state index in [4.69, 9.17) is 0 Å². The van der Waals surface area contributed by atoms with Crippen molar-refractivity contribution in [2.24, 2.45) is 0 Å². The van der Waals surface area contributed by atoms with Crippen LogP contribution in [0.4, 0.5) is 24.5 Å². The normalized spacial score (nSPS) is 11.3. The van der Waals surface area contributed by atoms with E-state index in [1.165, 1.54) is 41.3 Å². The summed E-state index contributed by atoms with van der Waals surface area (Å²) >= 11 is 0. The molecule has 0 fully saturated rings. The molecule has 0 aliphatic carbocycles. The zero-order chi connectivity index (χ0) is 21.2. The van der Waals surface area contributed by atoms with Crippen molar-refractivity contribution in [3.05, 3.63) is 87.2 Å². The summed E-state index contributed by atoms with van der Waals surface area (Å²) in [6, 6.07) is 8.99. The van der Waals surface area contributed by atoms with Gasteiger partial charge in [0.15, 0.2) is 0 Å². The van der Waals surface area contributed by atoms with Gasteiger partial charge in [-0.2, -0.15) is 18.3 Å². The second-order valence-corrected chi connectivity index (χ2v) is 6.34. The Morgan fingerprint density at radius 2 is 2.00 bits per heavy atom.